The van der Waals surface area contributed by atoms with E-state index < -0.39 is 6.04 Å². The van der Waals surface area contributed by atoms with Crippen LogP contribution < -0.4 is 4.74 Å². The number of nitroso groups, excluding NO2 is 1. The van der Waals surface area contributed by atoms with Gasteiger partial charge in [-0.3, -0.25) is 0 Å². The van der Waals surface area contributed by atoms with Crippen LogP contribution in [0.5, 0.6) is 5.75 Å². The normalized spacial score (nSPS) is 23.0. The molecule has 2 aliphatic rings. The van der Waals surface area contributed by atoms with Crippen LogP contribution in [0, 0.1) is 16.7 Å². The molecule has 4 atom stereocenters. The van der Waals surface area contributed by atoms with E-state index in [-0.39, 0.29) is 5.60 Å². The van der Waals surface area contributed by atoms with Crippen LogP contribution in [0.4, 0.5) is 0 Å². The van der Waals surface area contributed by atoms with Crippen molar-refractivity contribution in [3.8, 4) is 5.75 Å². The fourth-order valence-electron chi connectivity index (χ4n) is 7.03. The van der Waals surface area contributed by atoms with Crippen molar-refractivity contribution in [3.63, 3.8) is 0 Å². The zero-order valence-corrected chi connectivity index (χ0v) is 22.0. The van der Waals surface area contributed by atoms with Crippen molar-refractivity contribution in [1.29, 1.82) is 0 Å². The van der Waals surface area contributed by atoms with Gasteiger partial charge < -0.3 is 4.74 Å². The van der Waals surface area contributed by atoms with Crippen molar-refractivity contribution in [1.82, 2.24) is 9.97 Å². The van der Waals surface area contributed by atoms with Crippen LogP contribution in [-0.2, 0) is 0 Å². The Labute approximate surface area is 222 Å². The molecule has 0 bridgehead atoms. The summed E-state index contributed by atoms with van der Waals surface area (Å²) in [6.45, 7) is 6.86. The van der Waals surface area contributed by atoms with Crippen LogP contribution in [0.25, 0.3) is 32.8 Å². The number of fused-ring (bicyclic) bond motifs is 9. The van der Waals surface area contributed by atoms with E-state index in [1.165, 1.54) is 12.0 Å². The number of benzene rings is 4. The van der Waals surface area contributed by atoms with E-state index in [2.05, 4.69) is 50.2 Å². The fraction of sp³-hybridized carbons (Fsp3) is 0.333. The lowest BCUT2D eigenvalue weighted by Gasteiger charge is -2.49. The Morgan fingerprint density at radius 1 is 0.868 bits per heavy atom. The van der Waals surface area contributed by atoms with E-state index in [0.717, 1.165) is 62.6 Å². The molecule has 5 heteroatoms. The van der Waals surface area contributed by atoms with Gasteiger partial charge in [0.1, 0.15) is 17.4 Å². The van der Waals surface area contributed by atoms with Crippen molar-refractivity contribution in [2.24, 2.45) is 17.0 Å². The molecule has 38 heavy (non-hydrogen) atoms. The van der Waals surface area contributed by atoms with Gasteiger partial charge in [-0.05, 0) is 61.8 Å². The third-order valence-electron chi connectivity index (χ3n) is 8.89. The molecule has 0 saturated heterocycles. The first-order valence-electron chi connectivity index (χ1n) is 13.7. The predicted molar refractivity (Wildman–Crippen MR) is 153 cm³/mol. The summed E-state index contributed by atoms with van der Waals surface area (Å²) in [4.78, 5) is 22.4. The molecular weight excluding hydrogens is 470 g/mol. The molecule has 1 aliphatic carbocycles. The minimum absolute atomic E-state index is 0.246. The van der Waals surface area contributed by atoms with Crippen LogP contribution in [0.2, 0.25) is 0 Å². The summed E-state index contributed by atoms with van der Waals surface area (Å²) in [5, 5.41) is 5.64. The van der Waals surface area contributed by atoms with Crippen LogP contribution in [0.15, 0.2) is 78.0 Å². The van der Waals surface area contributed by atoms with Crippen LogP contribution >= 0.6 is 0 Å². The molecule has 0 amide bonds. The van der Waals surface area contributed by atoms with Crippen LogP contribution in [0.1, 0.15) is 68.7 Å². The minimum atomic E-state index is -0.587. The Kier molecular flexibility index (Phi) is 5.26. The third kappa shape index (κ3) is 3.52. The van der Waals surface area contributed by atoms with Crippen LogP contribution in [-0.4, -0.2) is 15.6 Å². The SMILES string of the molecule is CC1CCC2C(C1)c1c(c3ccccc3c3nc4ccc(C(N=O)c5ccccc5)cc4nc13)OC2(C)C. The molecule has 4 unspecified atom stereocenters. The number of aromatic nitrogens is 2. The van der Waals surface area contributed by atoms with E-state index in [1.54, 1.807) is 0 Å². The molecule has 1 aromatic heterocycles. The Balaban J connectivity index is 1.51. The fourth-order valence-corrected chi connectivity index (χ4v) is 7.03. The number of hydrogen-bond acceptors (Lipinski definition) is 5. The molecule has 7 rings (SSSR count). The Morgan fingerprint density at radius 2 is 1.61 bits per heavy atom. The van der Waals surface area contributed by atoms with Crippen LogP contribution in [0.3, 0.4) is 0 Å². The van der Waals surface area contributed by atoms with Gasteiger partial charge in [0.25, 0.3) is 0 Å². The second-order valence-corrected chi connectivity index (χ2v) is 11.7. The quantitative estimate of drug-likeness (QED) is 0.141. The molecule has 5 nitrogen and oxygen atoms in total. The molecule has 5 aromatic rings. The van der Waals surface area contributed by atoms with Gasteiger partial charge in [-0.15, -0.1) is 4.91 Å². The van der Waals surface area contributed by atoms with Gasteiger partial charge in [0.05, 0.1) is 22.1 Å². The average molecular weight is 502 g/mol. The van der Waals surface area contributed by atoms with Gasteiger partial charge in [0, 0.05) is 22.3 Å². The first kappa shape index (κ1) is 23.3. The van der Waals surface area contributed by atoms with E-state index >= 15 is 0 Å². The highest BCUT2D eigenvalue weighted by Gasteiger charge is 2.47. The first-order valence-corrected chi connectivity index (χ1v) is 13.7. The summed E-state index contributed by atoms with van der Waals surface area (Å²) in [6.07, 6.45) is 3.51. The van der Waals surface area contributed by atoms with Crippen molar-refractivity contribution >= 4 is 32.8 Å². The summed E-state index contributed by atoms with van der Waals surface area (Å²) in [5.41, 5.74) is 6.10. The zero-order chi connectivity index (χ0) is 26.0. The minimum Gasteiger partial charge on any atom is -0.487 e. The summed E-state index contributed by atoms with van der Waals surface area (Å²) in [7, 11) is 0. The lowest BCUT2D eigenvalue weighted by molar-refractivity contribution is -0.0115. The van der Waals surface area contributed by atoms with E-state index in [9.17, 15) is 4.91 Å². The van der Waals surface area contributed by atoms with E-state index in [0.29, 0.717) is 17.8 Å². The number of nitrogens with zero attached hydrogens (tertiary/aromatic N) is 3. The molecule has 1 fully saturated rings. The molecule has 1 saturated carbocycles. The Hall–Kier alpha value is -3.86. The second kappa shape index (κ2) is 8.59. The number of hydrogen-bond donors (Lipinski definition) is 0. The summed E-state index contributed by atoms with van der Waals surface area (Å²) < 4.78 is 6.87. The molecule has 0 N–H and O–H groups in total. The van der Waals surface area contributed by atoms with Gasteiger partial charge in [-0.25, -0.2) is 9.97 Å². The molecular formula is C33H31N3O2. The van der Waals surface area contributed by atoms with Crippen molar-refractivity contribution < 1.29 is 4.74 Å². The monoisotopic (exact) mass is 501 g/mol. The molecule has 1 aliphatic heterocycles. The highest BCUT2D eigenvalue weighted by Crippen LogP contribution is 2.56. The largest absolute Gasteiger partial charge is 0.487 e. The maximum absolute atomic E-state index is 11.9. The van der Waals surface area contributed by atoms with Gasteiger partial charge in [0.15, 0.2) is 0 Å². The lowest BCUT2D eigenvalue weighted by atomic mass is 9.64. The van der Waals surface area contributed by atoms with Crippen molar-refractivity contribution in [2.75, 3.05) is 0 Å². The van der Waals surface area contributed by atoms with Crippen molar-refractivity contribution in [2.45, 2.75) is 57.6 Å². The standard InChI is InChI=1S/C33H31N3O2/c1-19-13-15-25-24(17-19)28-31-30(22-11-7-8-12-23(22)32(28)38-33(25,2)3)34-26-16-14-21(18-27(26)35-31)29(36-37)20-9-5-4-6-10-20/h4-12,14,16,18-19,24-25,29H,13,15,17H2,1-3H3. The first-order chi connectivity index (χ1) is 18.4. The lowest BCUT2D eigenvalue weighted by Crippen LogP contribution is -2.46. The van der Waals surface area contributed by atoms with Gasteiger partial charge in [-0.2, -0.15) is 0 Å². The number of ether oxygens (including phenoxy) is 1. The summed E-state index contributed by atoms with van der Waals surface area (Å²) in [6, 6.07) is 23.4. The van der Waals surface area contributed by atoms with E-state index in [4.69, 9.17) is 14.7 Å². The predicted octanol–water partition coefficient (Wildman–Crippen LogP) is 8.48. The molecule has 4 aromatic carbocycles. The smallest absolute Gasteiger partial charge is 0.142 e. The molecule has 190 valence electrons. The maximum atomic E-state index is 11.9. The highest BCUT2D eigenvalue weighted by atomic mass is 16.5. The summed E-state index contributed by atoms with van der Waals surface area (Å²) in [5.74, 6) is 2.43. The maximum Gasteiger partial charge on any atom is 0.142 e. The average Bonchev–Trinajstić information content (AvgIpc) is 2.93. The zero-order valence-electron chi connectivity index (χ0n) is 22.0. The van der Waals surface area contributed by atoms with Crippen molar-refractivity contribution in [3.05, 3.63) is 94.4 Å². The van der Waals surface area contributed by atoms with Gasteiger partial charge in [0.2, 0.25) is 0 Å². The van der Waals surface area contributed by atoms with Gasteiger partial charge in [-0.1, -0.05) is 79.2 Å². The second-order valence-electron chi connectivity index (χ2n) is 11.7. The topological polar surface area (TPSA) is 64.4 Å². The Bertz CT molecular complexity index is 1710. The molecule has 0 radical (unpaired) electrons. The highest BCUT2D eigenvalue weighted by molar-refractivity contribution is 6.11. The molecule has 0 spiro atoms. The third-order valence-corrected chi connectivity index (χ3v) is 8.89. The molecule has 2 heterocycles. The summed E-state index contributed by atoms with van der Waals surface area (Å²) >= 11 is 0. The number of rotatable bonds is 3. The van der Waals surface area contributed by atoms with E-state index in [1.807, 2.05) is 48.5 Å². The Morgan fingerprint density at radius 3 is 2.39 bits per heavy atom. The van der Waals surface area contributed by atoms with Gasteiger partial charge >= 0.3 is 0 Å².